The van der Waals surface area contributed by atoms with E-state index in [1.54, 1.807) is 0 Å². The van der Waals surface area contributed by atoms with E-state index in [9.17, 15) is 14.7 Å². The Morgan fingerprint density at radius 3 is 2.63 bits per heavy atom. The zero-order valence-corrected chi connectivity index (χ0v) is 11.9. The summed E-state index contributed by atoms with van der Waals surface area (Å²) in [5, 5.41) is 9.14. The molecule has 1 amide bonds. The number of carbonyl (C=O) groups excluding carboxylic acids is 1. The van der Waals surface area contributed by atoms with Crippen LogP contribution >= 0.6 is 11.8 Å². The molecule has 0 radical (unpaired) electrons. The molecule has 2 rings (SSSR count). The summed E-state index contributed by atoms with van der Waals surface area (Å²) in [7, 11) is 0. The van der Waals surface area contributed by atoms with Crippen LogP contribution in [0.25, 0.3) is 0 Å². The van der Waals surface area contributed by atoms with E-state index >= 15 is 0 Å². The molecule has 3 atom stereocenters. The SMILES string of the molecule is CC(C)C1SCC(C(=O)O)N1C(=O)C1COCCO1. The third-order valence-corrected chi connectivity index (χ3v) is 4.86. The number of amides is 1. The largest absolute Gasteiger partial charge is 0.480 e. The van der Waals surface area contributed by atoms with Crippen molar-refractivity contribution in [1.29, 1.82) is 0 Å². The highest BCUT2D eigenvalue weighted by Crippen LogP contribution is 2.34. The first-order valence-corrected chi connectivity index (χ1v) is 7.43. The van der Waals surface area contributed by atoms with Crippen molar-refractivity contribution in [3.8, 4) is 0 Å². The van der Waals surface area contributed by atoms with Gasteiger partial charge in [0.05, 0.1) is 25.2 Å². The van der Waals surface area contributed by atoms with Gasteiger partial charge in [0.15, 0.2) is 6.10 Å². The van der Waals surface area contributed by atoms with Crippen molar-refractivity contribution in [3.63, 3.8) is 0 Å². The average molecular weight is 289 g/mol. The lowest BCUT2D eigenvalue weighted by atomic mass is 10.1. The standard InChI is InChI=1S/C12H19NO5S/c1-7(2)11-13(8(6-19-11)12(15)16)10(14)9-5-17-3-4-18-9/h7-9,11H,3-6H2,1-2H3,(H,15,16). The summed E-state index contributed by atoms with van der Waals surface area (Å²) in [6.45, 7) is 5.04. The molecule has 7 heteroatoms. The summed E-state index contributed by atoms with van der Waals surface area (Å²) in [6, 6.07) is -0.768. The summed E-state index contributed by atoms with van der Waals surface area (Å²) in [4.78, 5) is 25.2. The highest BCUT2D eigenvalue weighted by atomic mass is 32.2. The second-order valence-corrected chi connectivity index (χ2v) is 6.15. The van der Waals surface area contributed by atoms with Gasteiger partial charge in [0.2, 0.25) is 0 Å². The number of hydrogen-bond acceptors (Lipinski definition) is 5. The van der Waals surface area contributed by atoms with Crippen LogP contribution in [0.3, 0.4) is 0 Å². The molecule has 0 aromatic rings. The van der Waals surface area contributed by atoms with Crippen LogP contribution < -0.4 is 0 Å². The van der Waals surface area contributed by atoms with Crippen LogP contribution in [0.5, 0.6) is 0 Å². The molecular formula is C12H19NO5S. The number of rotatable bonds is 3. The lowest BCUT2D eigenvalue weighted by Gasteiger charge is -2.33. The van der Waals surface area contributed by atoms with E-state index in [0.717, 1.165) is 0 Å². The quantitative estimate of drug-likeness (QED) is 0.811. The predicted molar refractivity (Wildman–Crippen MR) is 69.9 cm³/mol. The Hall–Kier alpha value is -0.790. The van der Waals surface area contributed by atoms with Crippen LogP contribution in [0.15, 0.2) is 0 Å². The van der Waals surface area contributed by atoms with Gasteiger partial charge in [-0.2, -0.15) is 0 Å². The van der Waals surface area contributed by atoms with Crippen molar-refractivity contribution < 1.29 is 24.2 Å². The molecular weight excluding hydrogens is 270 g/mol. The molecule has 0 bridgehead atoms. The molecule has 2 saturated heterocycles. The minimum absolute atomic E-state index is 0.112. The number of nitrogens with zero attached hydrogens (tertiary/aromatic N) is 1. The van der Waals surface area contributed by atoms with Gasteiger partial charge in [0, 0.05) is 5.75 Å². The number of hydrogen-bond donors (Lipinski definition) is 1. The molecule has 6 nitrogen and oxygen atoms in total. The second kappa shape index (κ2) is 6.11. The molecule has 19 heavy (non-hydrogen) atoms. The number of carbonyl (C=O) groups is 2. The van der Waals surface area contributed by atoms with Gasteiger partial charge in [-0.3, -0.25) is 4.79 Å². The Morgan fingerprint density at radius 1 is 1.37 bits per heavy atom. The van der Waals surface area contributed by atoms with Crippen molar-refractivity contribution in [2.24, 2.45) is 5.92 Å². The van der Waals surface area contributed by atoms with Crippen molar-refractivity contribution in [2.75, 3.05) is 25.6 Å². The van der Waals surface area contributed by atoms with Crippen LogP contribution in [-0.2, 0) is 19.1 Å². The number of ether oxygens (including phenoxy) is 2. The molecule has 1 N–H and O–H groups in total. The zero-order chi connectivity index (χ0) is 14.0. The minimum Gasteiger partial charge on any atom is -0.480 e. The fourth-order valence-electron chi connectivity index (χ4n) is 2.31. The first-order chi connectivity index (χ1) is 9.02. The molecule has 3 unspecified atom stereocenters. The van der Waals surface area contributed by atoms with Crippen LogP contribution in [0.2, 0.25) is 0 Å². The number of carboxylic acid groups (broad SMARTS) is 1. The summed E-state index contributed by atoms with van der Waals surface area (Å²) < 4.78 is 10.6. The lowest BCUT2D eigenvalue weighted by molar-refractivity contribution is -0.165. The summed E-state index contributed by atoms with van der Waals surface area (Å²) in [6.07, 6.45) is -0.671. The first kappa shape index (κ1) is 14.6. The number of aliphatic carboxylic acids is 1. The Kier molecular flexibility index (Phi) is 4.70. The Labute approximate surface area is 116 Å². The minimum atomic E-state index is -0.958. The van der Waals surface area contributed by atoms with E-state index in [-0.39, 0.29) is 23.8 Å². The molecule has 2 heterocycles. The van der Waals surface area contributed by atoms with Crippen LogP contribution in [-0.4, -0.2) is 65.0 Å². The number of carboxylic acids is 1. The number of thioether (sulfide) groups is 1. The van der Waals surface area contributed by atoms with E-state index < -0.39 is 18.1 Å². The maximum atomic E-state index is 12.5. The molecule has 2 aliphatic rings. The maximum Gasteiger partial charge on any atom is 0.327 e. The van der Waals surface area contributed by atoms with Gasteiger partial charge in [0.25, 0.3) is 5.91 Å². The predicted octanol–water partition coefficient (Wildman–Crippen LogP) is 0.413. The van der Waals surface area contributed by atoms with Crippen LogP contribution in [0, 0.1) is 5.92 Å². The monoisotopic (exact) mass is 289 g/mol. The van der Waals surface area contributed by atoms with E-state index in [2.05, 4.69) is 0 Å². The van der Waals surface area contributed by atoms with E-state index in [4.69, 9.17) is 9.47 Å². The highest BCUT2D eigenvalue weighted by Gasteiger charge is 2.45. The van der Waals surface area contributed by atoms with Crippen molar-refractivity contribution >= 4 is 23.6 Å². The maximum absolute atomic E-state index is 12.5. The Bertz CT molecular complexity index is 356. The van der Waals surface area contributed by atoms with Crippen molar-refractivity contribution in [2.45, 2.75) is 31.4 Å². The second-order valence-electron chi connectivity index (χ2n) is 5.00. The highest BCUT2D eigenvalue weighted by molar-refractivity contribution is 8.00. The zero-order valence-electron chi connectivity index (χ0n) is 11.1. The van der Waals surface area contributed by atoms with Gasteiger partial charge in [-0.05, 0) is 5.92 Å². The summed E-state index contributed by atoms with van der Waals surface area (Å²) >= 11 is 1.52. The van der Waals surface area contributed by atoms with E-state index in [0.29, 0.717) is 19.0 Å². The average Bonchev–Trinajstić information content (AvgIpc) is 2.83. The fourth-order valence-corrected chi connectivity index (χ4v) is 3.79. The van der Waals surface area contributed by atoms with Gasteiger partial charge < -0.3 is 19.5 Å². The van der Waals surface area contributed by atoms with Crippen molar-refractivity contribution in [3.05, 3.63) is 0 Å². The topological polar surface area (TPSA) is 76.1 Å². The normalized spacial score (nSPS) is 31.7. The summed E-state index contributed by atoms with van der Waals surface area (Å²) in [5.74, 6) is -0.600. The molecule has 0 aliphatic carbocycles. The lowest BCUT2D eigenvalue weighted by Crippen LogP contribution is -2.53. The van der Waals surface area contributed by atoms with E-state index in [1.165, 1.54) is 16.7 Å². The third-order valence-electron chi connectivity index (χ3n) is 3.24. The van der Waals surface area contributed by atoms with E-state index in [1.807, 2.05) is 13.8 Å². The molecule has 0 saturated carbocycles. The molecule has 2 aliphatic heterocycles. The Morgan fingerprint density at radius 2 is 2.11 bits per heavy atom. The molecule has 0 aromatic carbocycles. The third kappa shape index (κ3) is 3.04. The van der Waals surface area contributed by atoms with Gasteiger partial charge in [0.1, 0.15) is 6.04 Å². The van der Waals surface area contributed by atoms with Crippen LogP contribution in [0.4, 0.5) is 0 Å². The first-order valence-electron chi connectivity index (χ1n) is 6.38. The smallest absolute Gasteiger partial charge is 0.327 e. The van der Waals surface area contributed by atoms with Crippen LogP contribution in [0.1, 0.15) is 13.8 Å². The van der Waals surface area contributed by atoms with Crippen molar-refractivity contribution in [1.82, 2.24) is 4.90 Å². The molecule has 0 spiro atoms. The Balaban J connectivity index is 2.15. The van der Waals surface area contributed by atoms with Gasteiger partial charge in [-0.15, -0.1) is 11.8 Å². The molecule has 2 fully saturated rings. The van der Waals surface area contributed by atoms with Gasteiger partial charge in [-0.1, -0.05) is 13.8 Å². The summed E-state index contributed by atoms with van der Waals surface area (Å²) in [5.41, 5.74) is 0. The van der Waals surface area contributed by atoms with Gasteiger partial charge in [-0.25, -0.2) is 4.79 Å². The fraction of sp³-hybridized carbons (Fsp3) is 0.833. The molecule has 0 aromatic heterocycles. The molecule has 108 valence electrons. The van der Waals surface area contributed by atoms with Gasteiger partial charge >= 0.3 is 5.97 Å².